The Morgan fingerprint density at radius 1 is 0.944 bits per heavy atom. The molecule has 0 saturated heterocycles. The van der Waals surface area contributed by atoms with Crippen molar-refractivity contribution in [2.75, 3.05) is 0 Å². The zero-order valence-electron chi connectivity index (χ0n) is 10.9. The standard InChI is InChI=1S/C16H16IN/c1-10(2)18-15-6-4-11(3)8-13(15)14-9-12(17)5-7-16(14)18/h4-10H,1-3H3. The smallest absolute Gasteiger partial charge is 0.0494 e. The summed E-state index contributed by atoms with van der Waals surface area (Å²) in [6.45, 7) is 6.65. The fourth-order valence-electron chi connectivity index (χ4n) is 2.70. The van der Waals surface area contributed by atoms with Gasteiger partial charge < -0.3 is 4.57 Å². The third-order valence-electron chi connectivity index (χ3n) is 3.44. The molecule has 18 heavy (non-hydrogen) atoms. The van der Waals surface area contributed by atoms with Crippen molar-refractivity contribution >= 4 is 44.4 Å². The molecule has 0 saturated carbocycles. The number of fused-ring (bicyclic) bond motifs is 3. The van der Waals surface area contributed by atoms with E-state index < -0.39 is 0 Å². The van der Waals surface area contributed by atoms with Crippen LogP contribution in [0.1, 0.15) is 25.5 Å². The fourth-order valence-corrected chi connectivity index (χ4v) is 3.19. The molecule has 1 nitrogen and oxygen atoms in total. The summed E-state index contributed by atoms with van der Waals surface area (Å²) in [5, 5.41) is 2.74. The monoisotopic (exact) mass is 349 g/mol. The Bertz CT molecular complexity index is 678. The van der Waals surface area contributed by atoms with Crippen LogP contribution in [0.4, 0.5) is 0 Å². The summed E-state index contributed by atoms with van der Waals surface area (Å²) in [6.07, 6.45) is 0. The van der Waals surface area contributed by atoms with E-state index >= 15 is 0 Å². The van der Waals surface area contributed by atoms with E-state index in [0.717, 1.165) is 0 Å². The number of rotatable bonds is 1. The van der Waals surface area contributed by atoms with E-state index in [4.69, 9.17) is 0 Å². The number of aryl methyl sites for hydroxylation is 1. The largest absolute Gasteiger partial charge is 0.338 e. The number of hydrogen-bond acceptors (Lipinski definition) is 0. The molecule has 3 rings (SSSR count). The van der Waals surface area contributed by atoms with Crippen molar-refractivity contribution in [1.82, 2.24) is 4.57 Å². The molecule has 3 aromatic rings. The van der Waals surface area contributed by atoms with Crippen LogP contribution in [0, 0.1) is 10.5 Å². The highest BCUT2D eigenvalue weighted by Gasteiger charge is 2.12. The van der Waals surface area contributed by atoms with Crippen molar-refractivity contribution in [2.45, 2.75) is 26.8 Å². The molecule has 92 valence electrons. The van der Waals surface area contributed by atoms with Gasteiger partial charge in [-0.2, -0.15) is 0 Å². The van der Waals surface area contributed by atoms with Gasteiger partial charge in [-0.25, -0.2) is 0 Å². The van der Waals surface area contributed by atoms with Crippen LogP contribution in [-0.2, 0) is 0 Å². The van der Waals surface area contributed by atoms with Gasteiger partial charge in [0.1, 0.15) is 0 Å². The molecule has 0 amide bonds. The Kier molecular flexibility index (Phi) is 2.85. The Balaban J connectivity index is 2.56. The maximum atomic E-state index is 2.43. The van der Waals surface area contributed by atoms with E-state index in [0.29, 0.717) is 6.04 Å². The van der Waals surface area contributed by atoms with Crippen LogP contribution in [0.25, 0.3) is 21.8 Å². The van der Waals surface area contributed by atoms with Crippen LogP contribution in [0.3, 0.4) is 0 Å². The van der Waals surface area contributed by atoms with E-state index in [9.17, 15) is 0 Å². The van der Waals surface area contributed by atoms with Crippen molar-refractivity contribution in [3.63, 3.8) is 0 Å². The highest BCUT2D eigenvalue weighted by atomic mass is 127. The second-order valence-corrected chi connectivity index (χ2v) is 6.39. The molecule has 0 spiro atoms. The molecule has 0 radical (unpaired) electrons. The zero-order chi connectivity index (χ0) is 12.9. The van der Waals surface area contributed by atoms with Crippen molar-refractivity contribution < 1.29 is 0 Å². The first-order chi connectivity index (χ1) is 8.58. The molecular formula is C16H16IN. The van der Waals surface area contributed by atoms with Crippen molar-refractivity contribution in [3.05, 3.63) is 45.5 Å². The molecule has 2 heteroatoms. The van der Waals surface area contributed by atoms with Crippen molar-refractivity contribution in [1.29, 1.82) is 0 Å². The topological polar surface area (TPSA) is 4.93 Å². The number of halogens is 1. The van der Waals surface area contributed by atoms with Gasteiger partial charge in [-0.3, -0.25) is 0 Å². The molecule has 0 aliphatic rings. The molecule has 0 N–H and O–H groups in total. The normalized spacial score (nSPS) is 11.8. The lowest BCUT2D eigenvalue weighted by Gasteiger charge is -2.11. The molecule has 0 fully saturated rings. The lowest BCUT2D eigenvalue weighted by molar-refractivity contribution is 0.642. The quantitative estimate of drug-likeness (QED) is 0.526. The van der Waals surface area contributed by atoms with Crippen molar-refractivity contribution in [2.24, 2.45) is 0 Å². The molecular weight excluding hydrogens is 333 g/mol. The summed E-state index contributed by atoms with van der Waals surface area (Å²) in [7, 11) is 0. The Morgan fingerprint density at radius 2 is 1.56 bits per heavy atom. The first-order valence-corrected chi connectivity index (χ1v) is 7.35. The van der Waals surface area contributed by atoms with Gasteiger partial charge in [-0.15, -0.1) is 0 Å². The minimum atomic E-state index is 0.479. The molecule has 1 heterocycles. The van der Waals surface area contributed by atoms with Crippen LogP contribution in [0.2, 0.25) is 0 Å². The molecule has 0 unspecified atom stereocenters. The van der Waals surface area contributed by atoms with Gasteiger partial charge in [0, 0.05) is 31.4 Å². The van der Waals surface area contributed by atoms with Gasteiger partial charge in [0.25, 0.3) is 0 Å². The molecule has 0 atom stereocenters. The predicted molar refractivity (Wildman–Crippen MR) is 87.3 cm³/mol. The van der Waals surface area contributed by atoms with Gasteiger partial charge in [0.2, 0.25) is 0 Å². The zero-order valence-corrected chi connectivity index (χ0v) is 13.0. The second-order valence-electron chi connectivity index (χ2n) is 5.15. The van der Waals surface area contributed by atoms with E-state index in [2.05, 4.69) is 84.3 Å². The third kappa shape index (κ3) is 1.74. The lowest BCUT2D eigenvalue weighted by atomic mass is 10.1. The Hall–Kier alpha value is -1.03. The van der Waals surface area contributed by atoms with E-state index in [1.54, 1.807) is 0 Å². The average molecular weight is 349 g/mol. The first kappa shape index (κ1) is 12.0. The summed E-state index contributed by atoms with van der Waals surface area (Å²) < 4.78 is 3.73. The summed E-state index contributed by atoms with van der Waals surface area (Å²) in [5.74, 6) is 0. The fraction of sp³-hybridized carbons (Fsp3) is 0.250. The molecule has 2 aromatic carbocycles. The van der Waals surface area contributed by atoms with E-state index in [1.807, 2.05) is 0 Å². The Morgan fingerprint density at radius 3 is 2.22 bits per heavy atom. The van der Waals surface area contributed by atoms with Gasteiger partial charge in [-0.05, 0) is 73.7 Å². The van der Waals surface area contributed by atoms with Crippen LogP contribution in [-0.4, -0.2) is 4.57 Å². The summed E-state index contributed by atoms with van der Waals surface area (Å²) in [6, 6.07) is 13.9. The number of benzene rings is 2. The highest BCUT2D eigenvalue weighted by Crippen LogP contribution is 2.33. The van der Waals surface area contributed by atoms with Crippen LogP contribution in [0.5, 0.6) is 0 Å². The van der Waals surface area contributed by atoms with Crippen LogP contribution < -0.4 is 0 Å². The second kappa shape index (κ2) is 4.26. The van der Waals surface area contributed by atoms with Gasteiger partial charge in [0.15, 0.2) is 0 Å². The van der Waals surface area contributed by atoms with Crippen LogP contribution >= 0.6 is 22.6 Å². The molecule has 1 aromatic heterocycles. The lowest BCUT2D eigenvalue weighted by Crippen LogP contribution is -1.99. The highest BCUT2D eigenvalue weighted by molar-refractivity contribution is 14.1. The van der Waals surface area contributed by atoms with Crippen molar-refractivity contribution in [3.8, 4) is 0 Å². The molecule has 0 aliphatic carbocycles. The van der Waals surface area contributed by atoms with Gasteiger partial charge >= 0.3 is 0 Å². The molecule has 0 aliphatic heterocycles. The minimum Gasteiger partial charge on any atom is -0.338 e. The summed E-state index contributed by atoms with van der Waals surface area (Å²) >= 11 is 2.39. The number of hydrogen-bond donors (Lipinski definition) is 0. The maximum absolute atomic E-state index is 2.43. The third-order valence-corrected chi connectivity index (χ3v) is 4.11. The average Bonchev–Trinajstić information content (AvgIpc) is 2.62. The number of nitrogens with zero attached hydrogens (tertiary/aromatic N) is 1. The summed E-state index contributed by atoms with van der Waals surface area (Å²) in [5.41, 5.74) is 4.00. The maximum Gasteiger partial charge on any atom is 0.0494 e. The summed E-state index contributed by atoms with van der Waals surface area (Å²) in [4.78, 5) is 0. The van der Waals surface area contributed by atoms with E-state index in [1.165, 1.54) is 30.9 Å². The molecule has 0 bridgehead atoms. The Labute approximate surface area is 121 Å². The number of aromatic nitrogens is 1. The van der Waals surface area contributed by atoms with Gasteiger partial charge in [-0.1, -0.05) is 11.6 Å². The first-order valence-electron chi connectivity index (χ1n) is 6.28. The van der Waals surface area contributed by atoms with Gasteiger partial charge in [0.05, 0.1) is 0 Å². The van der Waals surface area contributed by atoms with Crippen LogP contribution in [0.15, 0.2) is 36.4 Å². The predicted octanol–water partition coefficient (Wildman–Crippen LogP) is 5.29. The SMILES string of the molecule is Cc1ccc2c(c1)c1cc(I)ccc1n2C(C)C. The minimum absolute atomic E-state index is 0.479. The van der Waals surface area contributed by atoms with E-state index in [-0.39, 0.29) is 0 Å².